The fraction of sp³-hybridized carbons (Fsp3) is 0.105. The molecule has 0 aromatic heterocycles. The van der Waals surface area contributed by atoms with Crippen molar-refractivity contribution in [1.82, 2.24) is 0 Å². The van der Waals surface area contributed by atoms with Gasteiger partial charge in [0.25, 0.3) is 0 Å². The number of carbonyl (C=O) groups excluding carboxylic acids is 2. The molecule has 2 aliphatic carbocycles. The van der Waals surface area contributed by atoms with Crippen LogP contribution in [0, 0.1) is 0 Å². The van der Waals surface area contributed by atoms with Crippen LogP contribution in [-0.4, -0.2) is 11.8 Å². The largest absolute Gasteiger partial charge is 0.326 e. The zero-order valence-corrected chi connectivity index (χ0v) is 24.0. The molecule has 0 bridgehead atoms. The van der Waals surface area contributed by atoms with E-state index in [1.54, 1.807) is 0 Å². The first-order valence-corrected chi connectivity index (χ1v) is 14.0. The van der Waals surface area contributed by atoms with Gasteiger partial charge in [-0.2, -0.15) is 0 Å². The van der Waals surface area contributed by atoms with E-state index < -0.39 is 0 Å². The molecule has 3 aromatic rings. The smallest absolute Gasteiger partial charge is 0.228 e. The van der Waals surface area contributed by atoms with Gasteiger partial charge in [0.05, 0.1) is 0 Å². The molecule has 0 aliphatic heterocycles. The minimum atomic E-state index is -0.0446. The summed E-state index contributed by atoms with van der Waals surface area (Å²) in [6, 6.07) is 23.9. The summed E-state index contributed by atoms with van der Waals surface area (Å²) in [4.78, 5) is 25.3. The Bertz CT molecular complexity index is 1660. The van der Waals surface area contributed by atoms with E-state index in [0.29, 0.717) is 12.8 Å². The van der Waals surface area contributed by atoms with Crippen LogP contribution in [0.25, 0.3) is 12.2 Å². The van der Waals surface area contributed by atoms with Gasteiger partial charge < -0.3 is 10.6 Å². The van der Waals surface area contributed by atoms with Crippen molar-refractivity contribution >= 4 is 35.3 Å². The van der Waals surface area contributed by atoms with Crippen LogP contribution in [0.4, 0.5) is 11.4 Å². The van der Waals surface area contributed by atoms with Crippen molar-refractivity contribution in [2.75, 3.05) is 10.6 Å². The van der Waals surface area contributed by atoms with Crippen molar-refractivity contribution in [2.45, 2.75) is 26.7 Å². The fourth-order valence-corrected chi connectivity index (χ4v) is 5.03. The number of hydrogen-bond acceptors (Lipinski definition) is 2. The van der Waals surface area contributed by atoms with Crippen LogP contribution in [-0.2, 0) is 9.59 Å². The molecule has 0 spiro atoms. The molecule has 2 amide bonds. The summed E-state index contributed by atoms with van der Waals surface area (Å²) >= 11 is 0. The third-order valence-electron chi connectivity index (χ3n) is 7.32. The minimum absolute atomic E-state index is 0.0446. The zero-order chi connectivity index (χ0) is 29.5. The highest BCUT2D eigenvalue weighted by Gasteiger charge is 2.11. The summed E-state index contributed by atoms with van der Waals surface area (Å²) < 4.78 is 0. The Morgan fingerprint density at radius 2 is 0.952 bits per heavy atom. The van der Waals surface area contributed by atoms with E-state index in [9.17, 15) is 9.59 Å². The standard InChI is InChI=1S/C38H34N2O2/c1-26-12-14-31(15-13-26)38(32-16-20-34(21-17-32)39-36(41)24-27(2)29-8-4-5-9-29)33-18-22-35(23-19-33)40-37(42)25-28(3)30-10-6-7-11-30/h4-23H,1,24-25H2,2-3H3,(H,39,41)(H,40,42). The van der Waals surface area contributed by atoms with Crippen LogP contribution in [0.1, 0.15) is 37.8 Å². The van der Waals surface area contributed by atoms with E-state index in [1.165, 1.54) is 0 Å². The van der Waals surface area contributed by atoms with Gasteiger partial charge in [-0.25, -0.2) is 0 Å². The summed E-state index contributed by atoms with van der Waals surface area (Å²) in [7, 11) is 0. The normalized spacial score (nSPS) is 13.0. The van der Waals surface area contributed by atoms with E-state index in [2.05, 4.69) is 29.3 Å². The van der Waals surface area contributed by atoms with Crippen LogP contribution in [0.5, 0.6) is 0 Å². The predicted molar refractivity (Wildman–Crippen MR) is 174 cm³/mol. The molecule has 2 aliphatic rings. The van der Waals surface area contributed by atoms with Crippen molar-refractivity contribution in [3.8, 4) is 0 Å². The average Bonchev–Trinajstić information content (AvgIpc) is 3.71. The number of amides is 2. The number of anilines is 2. The molecule has 4 nitrogen and oxygen atoms in total. The molecular formula is C38H34N2O2. The molecule has 0 heterocycles. The van der Waals surface area contributed by atoms with Gasteiger partial charge in [-0.15, -0.1) is 0 Å². The predicted octanol–water partition coefficient (Wildman–Crippen LogP) is 6.89. The Labute approximate surface area is 247 Å². The van der Waals surface area contributed by atoms with Gasteiger partial charge >= 0.3 is 0 Å². The topological polar surface area (TPSA) is 58.2 Å². The van der Waals surface area contributed by atoms with Crippen LogP contribution >= 0.6 is 0 Å². The average molecular weight is 551 g/mol. The maximum absolute atomic E-state index is 12.7. The van der Waals surface area contributed by atoms with Gasteiger partial charge in [0.2, 0.25) is 11.8 Å². The molecule has 0 saturated heterocycles. The van der Waals surface area contributed by atoms with E-state index in [0.717, 1.165) is 60.8 Å². The lowest BCUT2D eigenvalue weighted by atomic mass is 9.95. The highest BCUT2D eigenvalue weighted by molar-refractivity contribution is 5.94. The summed E-state index contributed by atoms with van der Waals surface area (Å²) in [6.45, 7) is 7.99. The molecule has 0 radical (unpaired) electrons. The Balaban J connectivity index is 1.34. The van der Waals surface area contributed by atoms with Crippen LogP contribution in [0.15, 0.2) is 144 Å². The first-order chi connectivity index (χ1) is 20.4. The van der Waals surface area contributed by atoms with Gasteiger partial charge in [-0.3, -0.25) is 9.59 Å². The molecule has 4 heteroatoms. The molecule has 208 valence electrons. The van der Waals surface area contributed by atoms with Crippen molar-refractivity contribution in [2.24, 2.45) is 0 Å². The Morgan fingerprint density at radius 3 is 1.33 bits per heavy atom. The lowest BCUT2D eigenvalue weighted by molar-refractivity contribution is -0.116. The van der Waals surface area contributed by atoms with Crippen molar-refractivity contribution in [1.29, 1.82) is 0 Å². The molecule has 0 atom stereocenters. The van der Waals surface area contributed by atoms with E-state index >= 15 is 0 Å². The third kappa shape index (κ3) is 7.10. The van der Waals surface area contributed by atoms with Crippen LogP contribution < -0.4 is 21.1 Å². The maximum atomic E-state index is 12.7. The Morgan fingerprint density at radius 1 is 0.571 bits per heavy atom. The molecule has 0 fully saturated rings. The second-order valence-electron chi connectivity index (χ2n) is 10.6. The molecular weight excluding hydrogens is 516 g/mol. The molecule has 0 saturated carbocycles. The van der Waals surface area contributed by atoms with Crippen LogP contribution in [0.3, 0.4) is 0 Å². The maximum Gasteiger partial charge on any atom is 0.228 e. The molecule has 42 heavy (non-hydrogen) atoms. The lowest BCUT2D eigenvalue weighted by Gasteiger charge is -2.13. The van der Waals surface area contributed by atoms with Crippen molar-refractivity contribution in [3.63, 3.8) is 0 Å². The van der Waals surface area contributed by atoms with Crippen molar-refractivity contribution in [3.05, 3.63) is 165 Å². The fourth-order valence-electron chi connectivity index (χ4n) is 5.03. The first kappa shape index (κ1) is 28.3. The first-order valence-electron chi connectivity index (χ1n) is 14.0. The highest BCUT2D eigenvalue weighted by atomic mass is 16.2. The minimum Gasteiger partial charge on any atom is -0.326 e. The summed E-state index contributed by atoms with van der Waals surface area (Å²) in [6.07, 6.45) is 16.7. The SMILES string of the molecule is C=c1ccc(=C(c2ccc(NC(=O)CC(C)=C3C=CC=C3)cc2)c2ccc(NC(=O)CC(C)=C3C=CC=C3)cc2)cc1. The number of rotatable bonds is 8. The molecule has 0 unspecified atom stereocenters. The van der Waals surface area contributed by atoms with E-state index in [1.807, 2.05) is 123 Å². The monoisotopic (exact) mass is 550 g/mol. The summed E-state index contributed by atoms with van der Waals surface area (Å²) in [5.41, 5.74) is 8.82. The number of carbonyl (C=O) groups is 2. The van der Waals surface area contributed by atoms with Gasteiger partial charge in [-0.05, 0) is 76.4 Å². The summed E-state index contributed by atoms with van der Waals surface area (Å²) in [5.74, 6) is -0.0891. The Hall–Kier alpha value is -5.22. The quantitative estimate of drug-likeness (QED) is 0.321. The third-order valence-corrected chi connectivity index (χ3v) is 7.32. The second-order valence-corrected chi connectivity index (χ2v) is 10.6. The summed E-state index contributed by atoms with van der Waals surface area (Å²) in [5, 5.41) is 8.03. The van der Waals surface area contributed by atoms with Crippen LogP contribution in [0.2, 0.25) is 0 Å². The van der Waals surface area contributed by atoms with Gasteiger partial charge in [0.1, 0.15) is 0 Å². The molecule has 5 rings (SSSR count). The van der Waals surface area contributed by atoms with Crippen molar-refractivity contribution < 1.29 is 9.59 Å². The van der Waals surface area contributed by atoms with Gasteiger partial charge in [0, 0.05) is 24.2 Å². The zero-order valence-electron chi connectivity index (χ0n) is 24.0. The van der Waals surface area contributed by atoms with Gasteiger partial charge in [0.15, 0.2) is 0 Å². The lowest BCUT2D eigenvalue weighted by Crippen LogP contribution is -2.13. The number of allylic oxidation sites excluding steroid dienone is 10. The Kier molecular flexibility index (Phi) is 8.74. The molecule has 2 N–H and O–H groups in total. The van der Waals surface area contributed by atoms with Gasteiger partial charge in [-0.1, -0.05) is 115 Å². The number of hydrogen-bond donors (Lipinski definition) is 2. The number of nitrogens with one attached hydrogen (secondary N) is 2. The second kappa shape index (κ2) is 13.0. The van der Waals surface area contributed by atoms with E-state index in [-0.39, 0.29) is 11.8 Å². The molecule has 3 aromatic carbocycles. The highest BCUT2D eigenvalue weighted by Crippen LogP contribution is 2.25. The van der Waals surface area contributed by atoms with E-state index in [4.69, 9.17) is 0 Å². The number of benzene rings is 3.